The number of hydrogen-bond acceptors (Lipinski definition) is 6. The van der Waals surface area contributed by atoms with Gasteiger partial charge in [0.05, 0.1) is 36.3 Å². The van der Waals surface area contributed by atoms with Gasteiger partial charge in [0, 0.05) is 32.2 Å². The van der Waals surface area contributed by atoms with Crippen molar-refractivity contribution in [2.24, 2.45) is 0 Å². The van der Waals surface area contributed by atoms with E-state index in [0.29, 0.717) is 37.3 Å². The van der Waals surface area contributed by atoms with Gasteiger partial charge >= 0.3 is 7.12 Å². The number of fused-ring (bicyclic) bond motifs is 1. The number of nitrogens with one attached hydrogen (secondary N) is 1. The van der Waals surface area contributed by atoms with Crippen molar-refractivity contribution in [3.8, 4) is 0 Å². The highest BCUT2D eigenvalue weighted by atomic mass is 19.1. The Hall–Kier alpha value is -2.07. The van der Waals surface area contributed by atoms with Crippen molar-refractivity contribution in [2.75, 3.05) is 38.2 Å². The summed E-state index contributed by atoms with van der Waals surface area (Å²) in [5.41, 5.74) is 3.24. The number of halogens is 2. The summed E-state index contributed by atoms with van der Waals surface area (Å²) in [4.78, 5) is 9.24. The number of aromatic nitrogens is 1. The molecular formula is C25H33BF2N4O2. The Balaban J connectivity index is 1.36. The molecule has 0 amide bonds. The molecule has 3 aliphatic rings. The van der Waals surface area contributed by atoms with E-state index in [2.05, 4.69) is 22.0 Å². The van der Waals surface area contributed by atoms with E-state index in [1.165, 1.54) is 0 Å². The average Bonchev–Trinajstić information content (AvgIpc) is 3.52. The third-order valence-electron chi connectivity index (χ3n) is 7.43. The highest BCUT2D eigenvalue weighted by molar-refractivity contribution is 6.58. The second kappa shape index (κ2) is 9.53. The molecule has 9 heteroatoms. The van der Waals surface area contributed by atoms with Crippen molar-refractivity contribution < 1.29 is 18.8 Å². The topological polar surface area (TPSA) is 71.9 Å². The van der Waals surface area contributed by atoms with Crippen molar-refractivity contribution in [3.63, 3.8) is 0 Å². The third-order valence-corrected chi connectivity index (χ3v) is 7.43. The lowest BCUT2D eigenvalue weighted by molar-refractivity contribution is 0.0965. The number of rotatable bonds is 9. The minimum Gasteiger partial charge on any atom is -0.423 e. The molecule has 5 rings (SSSR count). The summed E-state index contributed by atoms with van der Waals surface area (Å²) < 4.78 is 27.2. The second-order valence-corrected chi connectivity index (χ2v) is 10.2. The number of pyridine rings is 1. The molecule has 0 radical (unpaired) electrons. The molecule has 1 aliphatic carbocycles. The van der Waals surface area contributed by atoms with E-state index in [0.717, 1.165) is 48.6 Å². The lowest BCUT2D eigenvalue weighted by atomic mass is 9.76. The van der Waals surface area contributed by atoms with Crippen LogP contribution in [0.5, 0.6) is 0 Å². The summed E-state index contributed by atoms with van der Waals surface area (Å²) in [5, 5.41) is 22.8. The summed E-state index contributed by atoms with van der Waals surface area (Å²) in [5.74, 6) is 0. The maximum atomic E-state index is 14.9. The van der Waals surface area contributed by atoms with Gasteiger partial charge in [0.1, 0.15) is 5.67 Å². The van der Waals surface area contributed by atoms with Crippen LogP contribution in [0.1, 0.15) is 49.0 Å². The molecule has 1 saturated heterocycles. The van der Waals surface area contributed by atoms with E-state index >= 15 is 0 Å². The fraction of sp³-hybridized carbons (Fsp3) is 0.560. The zero-order valence-electron chi connectivity index (χ0n) is 19.6. The van der Waals surface area contributed by atoms with E-state index in [9.17, 15) is 18.8 Å². The van der Waals surface area contributed by atoms with E-state index in [-0.39, 0.29) is 18.8 Å². The Morgan fingerprint density at radius 2 is 2.00 bits per heavy atom. The van der Waals surface area contributed by atoms with Gasteiger partial charge in [0.2, 0.25) is 0 Å². The normalized spacial score (nSPS) is 24.4. The molecule has 6 nitrogen and oxygen atoms in total. The second-order valence-electron chi connectivity index (χ2n) is 10.2. The molecule has 1 aromatic heterocycles. The van der Waals surface area contributed by atoms with Gasteiger partial charge in [-0.15, -0.1) is 0 Å². The molecule has 0 spiro atoms. The molecule has 2 aromatic rings. The summed E-state index contributed by atoms with van der Waals surface area (Å²) in [6.07, 6.45) is 4.35. The largest absolute Gasteiger partial charge is 0.488 e. The van der Waals surface area contributed by atoms with Gasteiger partial charge in [0.15, 0.2) is 0 Å². The van der Waals surface area contributed by atoms with Crippen LogP contribution in [0.4, 0.5) is 14.5 Å². The lowest BCUT2D eigenvalue weighted by Gasteiger charge is -2.42. The van der Waals surface area contributed by atoms with Crippen LogP contribution in [0.3, 0.4) is 0 Å². The maximum absolute atomic E-state index is 14.9. The number of likely N-dealkylation sites (tertiary alicyclic amines) is 1. The summed E-state index contributed by atoms with van der Waals surface area (Å²) in [6, 6.07) is 9.79. The smallest absolute Gasteiger partial charge is 0.423 e. The first-order valence-corrected chi connectivity index (χ1v) is 12.3. The molecule has 3 heterocycles. The quantitative estimate of drug-likeness (QED) is 0.488. The van der Waals surface area contributed by atoms with Crippen LogP contribution in [-0.4, -0.2) is 82.6 Å². The predicted molar refractivity (Wildman–Crippen MR) is 130 cm³/mol. The Morgan fingerprint density at radius 1 is 1.21 bits per heavy atom. The maximum Gasteiger partial charge on any atom is 0.488 e. The molecule has 3 N–H and O–H groups in total. The predicted octanol–water partition coefficient (Wildman–Crippen LogP) is 2.06. The number of anilines is 1. The van der Waals surface area contributed by atoms with Crippen LogP contribution in [0.15, 0.2) is 36.5 Å². The highest BCUT2D eigenvalue weighted by Crippen LogP contribution is 2.45. The van der Waals surface area contributed by atoms with Crippen molar-refractivity contribution in [3.05, 3.63) is 53.3 Å². The minimum atomic E-state index is -1.51. The van der Waals surface area contributed by atoms with Gasteiger partial charge in [-0.3, -0.25) is 19.2 Å². The molecule has 0 unspecified atom stereocenters. The van der Waals surface area contributed by atoms with Crippen LogP contribution in [0.25, 0.3) is 0 Å². The number of alkyl halides is 2. The van der Waals surface area contributed by atoms with Crippen LogP contribution >= 0.6 is 0 Å². The molecular weight excluding hydrogens is 437 g/mol. The summed E-state index contributed by atoms with van der Waals surface area (Å²) in [7, 11) is -1.51. The molecule has 2 aliphatic heterocycles. The Kier molecular flexibility index (Phi) is 6.63. The number of benzene rings is 1. The monoisotopic (exact) mass is 470 g/mol. The number of nitrogens with zero attached hydrogens (tertiary/aromatic N) is 3. The van der Waals surface area contributed by atoms with Gasteiger partial charge in [0.25, 0.3) is 0 Å². The van der Waals surface area contributed by atoms with E-state index in [1.807, 2.05) is 30.5 Å². The van der Waals surface area contributed by atoms with Crippen LogP contribution in [0.2, 0.25) is 0 Å². The molecule has 1 saturated carbocycles. The van der Waals surface area contributed by atoms with E-state index < -0.39 is 12.8 Å². The van der Waals surface area contributed by atoms with E-state index in [1.54, 1.807) is 6.07 Å². The molecule has 1 aromatic carbocycles. The van der Waals surface area contributed by atoms with Crippen molar-refractivity contribution in [1.82, 2.24) is 14.8 Å². The van der Waals surface area contributed by atoms with Crippen molar-refractivity contribution in [1.29, 1.82) is 0 Å². The first-order chi connectivity index (χ1) is 16.3. The van der Waals surface area contributed by atoms with Crippen LogP contribution in [0, 0.1) is 0 Å². The molecule has 182 valence electrons. The molecule has 2 fully saturated rings. The molecule has 0 bridgehead atoms. The average molecular weight is 470 g/mol. The fourth-order valence-corrected chi connectivity index (χ4v) is 5.31. The minimum absolute atomic E-state index is 0.0988. The van der Waals surface area contributed by atoms with Gasteiger partial charge in [-0.05, 0) is 61.3 Å². The van der Waals surface area contributed by atoms with Crippen molar-refractivity contribution in [2.45, 2.75) is 56.4 Å². The first-order valence-electron chi connectivity index (χ1n) is 12.3. The fourth-order valence-electron chi connectivity index (χ4n) is 5.31. The summed E-state index contributed by atoms with van der Waals surface area (Å²) >= 11 is 0. The Morgan fingerprint density at radius 3 is 2.65 bits per heavy atom. The highest BCUT2D eigenvalue weighted by Gasteiger charge is 2.48. The Bertz CT molecular complexity index is 999. The summed E-state index contributed by atoms with van der Waals surface area (Å²) in [6.45, 7) is 4.81. The SMILES string of the molecule is C[C@@H]1Cc2cc(B(O)O)ccc2[C@@H](c2ccc(NC3CN(CCCF)C3)cn2)N1CC1(F)CC1. The van der Waals surface area contributed by atoms with Crippen LogP contribution < -0.4 is 10.8 Å². The van der Waals surface area contributed by atoms with Gasteiger partial charge in [-0.1, -0.05) is 18.2 Å². The Labute approximate surface area is 200 Å². The first kappa shape index (κ1) is 23.7. The lowest BCUT2D eigenvalue weighted by Crippen LogP contribution is -2.54. The van der Waals surface area contributed by atoms with Gasteiger partial charge < -0.3 is 15.4 Å². The zero-order chi connectivity index (χ0) is 23.9. The number of hydrogen-bond donors (Lipinski definition) is 3. The van der Waals surface area contributed by atoms with Gasteiger partial charge in [-0.25, -0.2) is 4.39 Å². The van der Waals surface area contributed by atoms with Crippen LogP contribution in [-0.2, 0) is 6.42 Å². The van der Waals surface area contributed by atoms with E-state index in [4.69, 9.17) is 4.98 Å². The van der Waals surface area contributed by atoms with Gasteiger partial charge in [-0.2, -0.15) is 0 Å². The molecule has 2 atom stereocenters. The zero-order valence-corrected chi connectivity index (χ0v) is 19.6. The van der Waals surface area contributed by atoms with Crippen molar-refractivity contribution >= 4 is 18.3 Å². The molecule has 34 heavy (non-hydrogen) atoms. The third kappa shape index (κ3) is 4.98. The standard InChI is InChI=1S/C25H33BF2N4O2/c1-17-11-18-12-19(26(33)34)3-5-22(18)24(32(17)16-25(28)7-8-25)23-6-4-20(13-29-23)30-21-14-31(15-21)10-2-9-27/h3-6,12-13,17,21,24,30,33-34H,2,7-11,14-16H2,1H3/t17-,24+/m1/s1.